The lowest BCUT2D eigenvalue weighted by atomic mass is 9.88. The van der Waals surface area contributed by atoms with Crippen LogP contribution in [0.25, 0.3) is 0 Å². The van der Waals surface area contributed by atoms with Crippen LogP contribution < -0.4 is 11.1 Å². The van der Waals surface area contributed by atoms with Gasteiger partial charge < -0.3 is 11.1 Å². The van der Waals surface area contributed by atoms with E-state index in [1.165, 1.54) is 0 Å². The van der Waals surface area contributed by atoms with E-state index in [0.717, 1.165) is 17.7 Å². The van der Waals surface area contributed by atoms with Crippen molar-refractivity contribution in [2.45, 2.75) is 25.2 Å². The molecule has 1 heterocycles. The predicted octanol–water partition coefficient (Wildman–Crippen LogP) is 2.70. The van der Waals surface area contributed by atoms with Crippen molar-refractivity contribution >= 4 is 11.6 Å². The SMILES string of the molecule is NC/C(=C/F)CC1CCC(=O)Nc2ccccc21. The van der Waals surface area contributed by atoms with Crippen molar-refractivity contribution in [3.8, 4) is 0 Å². The minimum atomic E-state index is 0.0171. The first kappa shape index (κ1) is 12.8. The highest BCUT2D eigenvalue weighted by atomic mass is 19.1. The van der Waals surface area contributed by atoms with Gasteiger partial charge in [0.05, 0.1) is 6.33 Å². The van der Waals surface area contributed by atoms with E-state index in [0.29, 0.717) is 24.7 Å². The van der Waals surface area contributed by atoms with E-state index in [1.807, 2.05) is 24.3 Å². The van der Waals surface area contributed by atoms with Gasteiger partial charge in [-0.3, -0.25) is 4.79 Å². The third-order valence-electron chi connectivity index (χ3n) is 3.32. The number of nitrogens with one attached hydrogen (secondary N) is 1. The van der Waals surface area contributed by atoms with Crippen LogP contribution in [0.5, 0.6) is 0 Å². The summed E-state index contributed by atoms with van der Waals surface area (Å²) in [5, 5.41) is 2.88. The molecule has 0 bridgehead atoms. The Morgan fingerprint density at radius 1 is 1.50 bits per heavy atom. The van der Waals surface area contributed by atoms with E-state index >= 15 is 0 Å². The van der Waals surface area contributed by atoms with Gasteiger partial charge in [0.2, 0.25) is 5.91 Å². The Bertz CT molecular complexity index is 471. The van der Waals surface area contributed by atoms with Crippen molar-refractivity contribution in [1.29, 1.82) is 0 Å². The molecule has 18 heavy (non-hydrogen) atoms. The fourth-order valence-electron chi connectivity index (χ4n) is 2.34. The first-order valence-electron chi connectivity index (χ1n) is 6.11. The molecule has 2 rings (SSSR count). The Balaban J connectivity index is 2.28. The summed E-state index contributed by atoms with van der Waals surface area (Å²) in [6.07, 6.45) is 2.34. The number of hydrogen-bond acceptors (Lipinski definition) is 2. The van der Waals surface area contributed by atoms with Crippen molar-refractivity contribution in [2.24, 2.45) is 5.73 Å². The van der Waals surface area contributed by atoms with Gasteiger partial charge in [-0.05, 0) is 36.0 Å². The summed E-state index contributed by atoms with van der Waals surface area (Å²) in [6, 6.07) is 7.69. The van der Waals surface area contributed by atoms with Crippen LogP contribution in [-0.4, -0.2) is 12.5 Å². The molecule has 3 nitrogen and oxygen atoms in total. The van der Waals surface area contributed by atoms with Gasteiger partial charge in [0, 0.05) is 18.7 Å². The first-order chi connectivity index (χ1) is 8.74. The maximum atomic E-state index is 12.6. The van der Waals surface area contributed by atoms with Crippen LogP contribution in [0.2, 0.25) is 0 Å². The van der Waals surface area contributed by atoms with Crippen LogP contribution in [0.15, 0.2) is 36.2 Å². The lowest BCUT2D eigenvalue weighted by Gasteiger charge is -2.17. The average molecular weight is 248 g/mol. The summed E-state index contributed by atoms with van der Waals surface area (Å²) in [4.78, 5) is 11.6. The molecule has 1 aliphatic rings. The third kappa shape index (κ3) is 2.76. The van der Waals surface area contributed by atoms with Gasteiger partial charge in [-0.15, -0.1) is 0 Å². The number of para-hydroxylation sites is 1. The summed E-state index contributed by atoms with van der Waals surface area (Å²) in [6.45, 7) is 0.219. The molecule has 0 aliphatic carbocycles. The summed E-state index contributed by atoms with van der Waals surface area (Å²) in [5.74, 6) is 0.161. The lowest BCUT2D eigenvalue weighted by Crippen LogP contribution is -2.08. The van der Waals surface area contributed by atoms with E-state index in [-0.39, 0.29) is 18.4 Å². The molecule has 0 saturated heterocycles. The van der Waals surface area contributed by atoms with Crippen molar-refractivity contribution in [2.75, 3.05) is 11.9 Å². The van der Waals surface area contributed by atoms with Crippen LogP contribution in [0.3, 0.4) is 0 Å². The van der Waals surface area contributed by atoms with Gasteiger partial charge in [-0.2, -0.15) is 0 Å². The number of hydrogen-bond donors (Lipinski definition) is 2. The van der Waals surface area contributed by atoms with Crippen molar-refractivity contribution in [3.63, 3.8) is 0 Å². The second-order valence-corrected chi connectivity index (χ2v) is 4.55. The summed E-state index contributed by atoms with van der Waals surface area (Å²) < 4.78 is 12.6. The maximum absolute atomic E-state index is 12.6. The molecule has 0 radical (unpaired) electrons. The molecule has 1 unspecified atom stereocenters. The number of halogens is 1. The number of nitrogens with two attached hydrogens (primary N) is 1. The van der Waals surface area contributed by atoms with E-state index in [2.05, 4.69) is 5.32 Å². The minimum Gasteiger partial charge on any atom is -0.327 e. The Labute approximate surface area is 106 Å². The highest BCUT2D eigenvalue weighted by molar-refractivity contribution is 5.92. The number of rotatable bonds is 3. The normalized spacial score (nSPS) is 20.0. The zero-order valence-electron chi connectivity index (χ0n) is 10.2. The molecule has 0 aromatic heterocycles. The second kappa shape index (κ2) is 5.78. The molecule has 1 atom stereocenters. The molecule has 1 amide bonds. The molecular weight excluding hydrogens is 231 g/mol. The fraction of sp³-hybridized carbons (Fsp3) is 0.357. The molecule has 1 aromatic carbocycles. The number of carbonyl (C=O) groups is 1. The van der Waals surface area contributed by atoms with Gasteiger partial charge in [-0.25, -0.2) is 4.39 Å². The zero-order chi connectivity index (χ0) is 13.0. The molecule has 1 aromatic rings. The Morgan fingerprint density at radius 3 is 3.00 bits per heavy atom. The van der Waals surface area contributed by atoms with Crippen LogP contribution >= 0.6 is 0 Å². The largest absolute Gasteiger partial charge is 0.327 e. The third-order valence-corrected chi connectivity index (χ3v) is 3.32. The quantitative estimate of drug-likeness (QED) is 0.864. The Morgan fingerprint density at radius 2 is 2.28 bits per heavy atom. The number of carbonyl (C=O) groups excluding carboxylic acids is 1. The summed E-state index contributed by atoms with van der Waals surface area (Å²) in [5.41, 5.74) is 7.98. The molecule has 1 aliphatic heterocycles. The molecule has 0 saturated carbocycles. The second-order valence-electron chi connectivity index (χ2n) is 4.55. The summed E-state index contributed by atoms with van der Waals surface area (Å²) in [7, 11) is 0. The maximum Gasteiger partial charge on any atom is 0.224 e. The van der Waals surface area contributed by atoms with Crippen LogP contribution in [0.1, 0.15) is 30.7 Å². The highest BCUT2D eigenvalue weighted by Crippen LogP contribution is 2.35. The first-order valence-corrected chi connectivity index (χ1v) is 6.11. The van der Waals surface area contributed by atoms with Gasteiger partial charge in [0.15, 0.2) is 0 Å². The van der Waals surface area contributed by atoms with Crippen molar-refractivity contribution in [1.82, 2.24) is 0 Å². The Kier molecular flexibility index (Phi) is 4.10. The minimum absolute atomic E-state index is 0.0171. The van der Waals surface area contributed by atoms with Crippen LogP contribution in [0, 0.1) is 0 Å². The molecule has 3 N–H and O–H groups in total. The van der Waals surface area contributed by atoms with Crippen molar-refractivity contribution < 1.29 is 9.18 Å². The number of anilines is 1. The van der Waals surface area contributed by atoms with Crippen LogP contribution in [-0.2, 0) is 4.79 Å². The topological polar surface area (TPSA) is 55.1 Å². The highest BCUT2D eigenvalue weighted by Gasteiger charge is 2.22. The number of amides is 1. The average Bonchev–Trinajstić information content (AvgIpc) is 2.55. The number of benzene rings is 1. The van der Waals surface area contributed by atoms with Gasteiger partial charge in [0.1, 0.15) is 0 Å². The van der Waals surface area contributed by atoms with Gasteiger partial charge in [-0.1, -0.05) is 18.2 Å². The zero-order valence-corrected chi connectivity index (χ0v) is 10.2. The predicted molar refractivity (Wildman–Crippen MR) is 69.9 cm³/mol. The van der Waals surface area contributed by atoms with E-state index in [1.54, 1.807) is 0 Å². The molecule has 96 valence electrons. The lowest BCUT2D eigenvalue weighted by molar-refractivity contribution is -0.116. The van der Waals surface area contributed by atoms with E-state index in [9.17, 15) is 9.18 Å². The molecule has 0 fully saturated rings. The molecule has 0 spiro atoms. The van der Waals surface area contributed by atoms with Gasteiger partial charge in [0.25, 0.3) is 0 Å². The molecular formula is C14H17FN2O. The van der Waals surface area contributed by atoms with E-state index in [4.69, 9.17) is 5.73 Å². The number of fused-ring (bicyclic) bond motifs is 1. The van der Waals surface area contributed by atoms with Gasteiger partial charge >= 0.3 is 0 Å². The summed E-state index contributed by atoms with van der Waals surface area (Å²) >= 11 is 0. The van der Waals surface area contributed by atoms with Crippen LogP contribution in [0.4, 0.5) is 10.1 Å². The molecule has 4 heteroatoms. The Hall–Kier alpha value is -1.68. The smallest absolute Gasteiger partial charge is 0.224 e. The van der Waals surface area contributed by atoms with E-state index < -0.39 is 0 Å². The van der Waals surface area contributed by atoms with Crippen molar-refractivity contribution in [3.05, 3.63) is 41.7 Å². The fourth-order valence-corrected chi connectivity index (χ4v) is 2.34. The monoisotopic (exact) mass is 248 g/mol. The standard InChI is InChI=1S/C14H17FN2O/c15-8-10(9-16)7-11-5-6-14(18)17-13-4-2-1-3-12(11)13/h1-4,8,11H,5-7,9,16H2,(H,17,18)/b10-8+.